The van der Waals surface area contributed by atoms with Gasteiger partial charge < -0.3 is 14.8 Å². The normalized spacial score (nSPS) is 14.5. The standard InChI is InChI=1S/C24H33N3O5S/c1-31-22-12-11-21(15-23(22)32-2)27(33(3,29)30)18-24(28)25-16-19-7-9-20(10-8-19)17-26-13-5-4-6-14-26/h7-12,15H,4-6,13-14,16-18H2,1-3H3,(H,25,28). The summed E-state index contributed by atoms with van der Waals surface area (Å²) in [5.74, 6) is 0.462. The van der Waals surface area contributed by atoms with Gasteiger partial charge in [0.15, 0.2) is 11.5 Å². The van der Waals surface area contributed by atoms with Crippen molar-refractivity contribution in [2.45, 2.75) is 32.4 Å². The number of hydrogen-bond donors (Lipinski definition) is 1. The molecule has 0 aromatic heterocycles. The number of benzene rings is 2. The van der Waals surface area contributed by atoms with Gasteiger partial charge in [-0.05, 0) is 49.2 Å². The molecule has 0 aliphatic carbocycles. The summed E-state index contributed by atoms with van der Waals surface area (Å²) in [6, 6.07) is 12.9. The fraction of sp³-hybridized carbons (Fsp3) is 0.458. The molecule has 33 heavy (non-hydrogen) atoms. The van der Waals surface area contributed by atoms with E-state index >= 15 is 0 Å². The van der Waals surface area contributed by atoms with Crippen LogP contribution in [-0.2, 0) is 27.9 Å². The first-order chi connectivity index (χ1) is 15.8. The Morgan fingerprint density at radius 1 is 0.970 bits per heavy atom. The third kappa shape index (κ3) is 7.10. The van der Waals surface area contributed by atoms with E-state index in [1.54, 1.807) is 12.1 Å². The predicted octanol–water partition coefficient (Wildman–Crippen LogP) is 2.77. The molecule has 180 valence electrons. The van der Waals surface area contributed by atoms with Crippen LogP contribution in [0.15, 0.2) is 42.5 Å². The molecule has 1 amide bonds. The van der Waals surface area contributed by atoms with Crippen LogP contribution in [0.2, 0.25) is 0 Å². The maximum absolute atomic E-state index is 12.6. The van der Waals surface area contributed by atoms with Crippen LogP contribution < -0.4 is 19.1 Å². The number of likely N-dealkylation sites (tertiary alicyclic amines) is 1. The number of hydrogen-bond acceptors (Lipinski definition) is 6. The third-order valence-electron chi connectivity index (χ3n) is 5.71. The molecule has 0 bridgehead atoms. The number of carbonyl (C=O) groups is 1. The van der Waals surface area contributed by atoms with Gasteiger partial charge in [0.2, 0.25) is 15.9 Å². The van der Waals surface area contributed by atoms with E-state index in [2.05, 4.69) is 22.3 Å². The van der Waals surface area contributed by atoms with E-state index in [-0.39, 0.29) is 6.54 Å². The quantitative estimate of drug-likeness (QED) is 0.569. The Labute approximate surface area is 196 Å². The van der Waals surface area contributed by atoms with Gasteiger partial charge in [-0.15, -0.1) is 0 Å². The molecular formula is C24H33N3O5S. The molecule has 3 rings (SSSR count). The van der Waals surface area contributed by atoms with Crippen LogP contribution >= 0.6 is 0 Å². The summed E-state index contributed by atoms with van der Waals surface area (Å²) < 4.78 is 36.2. The Kier molecular flexibility index (Phi) is 8.57. The Morgan fingerprint density at radius 3 is 2.21 bits per heavy atom. The lowest BCUT2D eigenvalue weighted by molar-refractivity contribution is -0.119. The number of carbonyl (C=O) groups excluding carboxylic acids is 1. The van der Waals surface area contributed by atoms with Gasteiger partial charge in [-0.1, -0.05) is 30.7 Å². The molecule has 1 N–H and O–H groups in total. The molecule has 0 spiro atoms. The van der Waals surface area contributed by atoms with Gasteiger partial charge in [-0.2, -0.15) is 0 Å². The van der Waals surface area contributed by atoms with Gasteiger partial charge in [-0.3, -0.25) is 14.0 Å². The van der Waals surface area contributed by atoms with Gasteiger partial charge in [0.25, 0.3) is 0 Å². The van der Waals surface area contributed by atoms with Crippen molar-refractivity contribution in [1.82, 2.24) is 10.2 Å². The van der Waals surface area contributed by atoms with E-state index in [1.807, 2.05) is 12.1 Å². The zero-order valence-electron chi connectivity index (χ0n) is 19.5. The van der Waals surface area contributed by atoms with E-state index in [9.17, 15) is 13.2 Å². The third-order valence-corrected chi connectivity index (χ3v) is 6.85. The van der Waals surface area contributed by atoms with Crippen molar-refractivity contribution in [2.75, 3.05) is 44.4 Å². The average molecular weight is 476 g/mol. The molecule has 8 nitrogen and oxygen atoms in total. The second kappa shape index (κ2) is 11.4. The van der Waals surface area contributed by atoms with Gasteiger partial charge in [0, 0.05) is 19.2 Å². The summed E-state index contributed by atoms with van der Waals surface area (Å²) in [5, 5.41) is 2.81. The Balaban J connectivity index is 1.59. The summed E-state index contributed by atoms with van der Waals surface area (Å²) in [4.78, 5) is 15.0. The predicted molar refractivity (Wildman–Crippen MR) is 129 cm³/mol. The smallest absolute Gasteiger partial charge is 0.241 e. The van der Waals surface area contributed by atoms with Gasteiger partial charge in [-0.25, -0.2) is 8.42 Å². The summed E-state index contributed by atoms with van der Waals surface area (Å²) >= 11 is 0. The molecule has 0 saturated carbocycles. The van der Waals surface area contributed by atoms with Crippen molar-refractivity contribution >= 4 is 21.6 Å². The highest BCUT2D eigenvalue weighted by molar-refractivity contribution is 7.92. The van der Waals surface area contributed by atoms with Crippen LogP contribution in [0.3, 0.4) is 0 Å². The van der Waals surface area contributed by atoms with Gasteiger partial charge >= 0.3 is 0 Å². The van der Waals surface area contributed by atoms with Crippen molar-refractivity contribution < 1.29 is 22.7 Å². The fourth-order valence-corrected chi connectivity index (χ4v) is 4.75. The molecular weight excluding hydrogens is 442 g/mol. The van der Waals surface area contributed by atoms with E-state index in [0.717, 1.165) is 35.8 Å². The van der Waals surface area contributed by atoms with Crippen molar-refractivity contribution in [2.24, 2.45) is 0 Å². The average Bonchev–Trinajstić information content (AvgIpc) is 2.81. The highest BCUT2D eigenvalue weighted by atomic mass is 32.2. The summed E-state index contributed by atoms with van der Waals surface area (Å²) in [7, 11) is -0.720. The fourth-order valence-electron chi connectivity index (χ4n) is 3.91. The molecule has 2 aromatic rings. The highest BCUT2D eigenvalue weighted by Gasteiger charge is 2.22. The highest BCUT2D eigenvalue weighted by Crippen LogP contribution is 2.32. The lowest BCUT2D eigenvalue weighted by Crippen LogP contribution is -2.40. The number of nitrogens with one attached hydrogen (secondary N) is 1. The minimum atomic E-state index is -3.69. The van der Waals surface area contributed by atoms with Crippen LogP contribution in [0.4, 0.5) is 5.69 Å². The number of sulfonamides is 1. The van der Waals surface area contributed by atoms with Crippen LogP contribution in [0.5, 0.6) is 11.5 Å². The molecule has 0 unspecified atom stereocenters. The number of piperidine rings is 1. The van der Waals surface area contributed by atoms with E-state index in [4.69, 9.17) is 9.47 Å². The number of rotatable bonds is 10. The number of ether oxygens (including phenoxy) is 2. The maximum Gasteiger partial charge on any atom is 0.241 e. The minimum absolute atomic E-state index is 0.326. The molecule has 0 atom stereocenters. The second-order valence-corrected chi connectivity index (χ2v) is 10.1. The number of nitrogens with zero attached hydrogens (tertiary/aromatic N) is 2. The summed E-state index contributed by atoms with van der Waals surface area (Å²) in [6.07, 6.45) is 4.91. The Morgan fingerprint density at radius 2 is 1.61 bits per heavy atom. The molecule has 1 aliphatic heterocycles. The molecule has 1 heterocycles. The van der Waals surface area contributed by atoms with E-state index in [1.165, 1.54) is 45.1 Å². The largest absolute Gasteiger partial charge is 0.493 e. The molecule has 1 fully saturated rings. The number of anilines is 1. The molecule has 2 aromatic carbocycles. The monoisotopic (exact) mass is 475 g/mol. The zero-order chi connectivity index (χ0) is 23.8. The first-order valence-electron chi connectivity index (χ1n) is 11.1. The first kappa shape index (κ1) is 24.9. The molecule has 1 aliphatic rings. The Bertz CT molecular complexity index is 1030. The van der Waals surface area contributed by atoms with Crippen LogP contribution in [0.1, 0.15) is 30.4 Å². The Hall–Kier alpha value is -2.78. The van der Waals surface area contributed by atoms with Crippen molar-refractivity contribution in [3.63, 3.8) is 0 Å². The number of amides is 1. The van der Waals surface area contributed by atoms with Crippen molar-refractivity contribution in [3.05, 3.63) is 53.6 Å². The topological polar surface area (TPSA) is 88.2 Å². The number of methoxy groups -OCH3 is 2. The summed E-state index contributed by atoms with van der Waals surface area (Å²) in [5.41, 5.74) is 2.54. The summed E-state index contributed by atoms with van der Waals surface area (Å²) in [6.45, 7) is 3.23. The minimum Gasteiger partial charge on any atom is -0.493 e. The van der Waals surface area contributed by atoms with E-state index in [0.29, 0.717) is 23.7 Å². The maximum atomic E-state index is 12.6. The first-order valence-corrected chi connectivity index (χ1v) is 12.9. The SMILES string of the molecule is COc1ccc(N(CC(=O)NCc2ccc(CN3CCCCC3)cc2)S(C)(=O)=O)cc1OC. The van der Waals surface area contributed by atoms with Crippen molar-refractivity contribution in [3.8, 4) is 11.5 Å². The van der Waals surface area contributed by atoms with Crippen LogP contribution in [-0.4, -0.2) is 59.3 Å². The lowest BCUT2D eigenvalue weighted by Gasteiger charge is -2.26. The second-order valence-electron chi connectivity index (χ2n) is 8.24. The lowest BCUT2D eigenvalue weighted by atomic mass is 10.1. The van der Waals surface area contributed by atoms with Crippen molar-refractivity contribution in [1.29, 1.82) is 0 Å². The van der Waals surface area contributed by atoms with Crippen LogP contribution in [0.25, 0.3) is 0 Å². The van der Waals surface area contributed by atoms with Crippen LogP contribution in [0, 0.1) is 0 Å². The van der Waals surface area contributed by atoms with Gasteiger partial charge in [0.1, 0.15) is 6.54 Å². The molecule has 1 saturated heterocycles. The molecule has 0 radical (unpaired) electrons. The van der Waals surface area contributed by atoms with E-state index < -0.39 is 15.9 Å². The molecule has 9 heteroatoms. The zero-order valence-corrected chi connectivity index (χ0v) is 20.4. The van der Waals surface area contributed by atoms with Gasteiger partial charge in [0.05, 0.1) is 26.2 Å².